The van der Waals surface area contributed by atoms with Gasteiger partial charge < -0.3 is 0 Å². The van der Waals surface area contributed by atoms with Crippen LogP contribution in [-0.2, 0) is 10.0 Å². The van der Waals surface area contributed by atoms with Crippen molar-refractivity contribution < 1.29 is 8.42 Å². The summed E-state index contributed by atoms with van der Waals surface area (Å²) < 4.78 is 29.5. The van der Waals surface area contributed by atoms with Crippen LogP contribution in [-0.4, -0.2) is 27.9 Å². The summed E-state index contributed by atoms with van der Waals surface area (Å²) in [5.74, 6) is 0.704. The summed E-state index contributed by atoms with van der Waals surface area (Å²) in [7, 11) is -3.76. The summed E-state index contributed by atoms with van der Waals surface area (Å²) in [6, 6.07) is 14.1. The molecule has 2 aromatic heterocycles. The molecule has 0 aliphatic rings. The van der Waals surface area contributed by atoms with E-state index in [1.165, 1.54) is 6.33 Å². The zero-order valence-corrected chi connectivity index (χ0v) is 13.8. The fourth-order valence-electron chi connectivity index (χ4n) is 2.47. The van der Waals surface area contributed by atoms with E-state index in [1.54, 1.807) is 47.6 Å². The number of anilines is 1. The molecule has 4 rings (SSSR count). The summed E-state index contributed by atoms with van der Waals surface area (Å²) in [4.78, 5) is 12.2. The van der Waals surface area contributed by atoms with Gasteiger partial charge in [-0.3, -0.25) is 9.29 Å². The van der Waals surface area contributed by atoms with Gasteiger partial charge in [0.25, 0.3) is 10.0 Å². The number of rotatable bonds is 4. The van der Waals surface area contributed by atoms with Crippen molar-refractivity contribution in [3.05, 3.63) is 73.6 Å². The van der Waals surface area contributed by atoms with Crippen LogP contribution < -0.4 is 4.72 Å². The average molecular weight is 351 g/mol. The molecule has 0 atom stereocenters. The van der Waals surface area contributed by atoms with E-state index >= 15 is 0 Å². The van der Waals surface area contributed by atoms with Gasteiger partial charge in [-0.2, -0.15) is 0 Å². The number of fused-ring (bicyclic) bond motifs is 1. The van der Waals surface area contributed by atoms with E-state index < -0.39 is 10.0 Å². The Morgan fingerprint density at radius 2 is 1.80 bits per heavy atom. The van der Waals surface area contributed by atoms with E-state index in [9.17, 15) is 8.42 Å². The molecule has 1 N–H and O–H groups in total. The Hall–Kier alpha value is -3.26. The van der Waals surface area contributed by atoms with Crippen LogP contribution >= 0.6 is 0 Å². The molecule has 4 aromatic rings. The van der Waals surface area contributed by atoms with Crippen molar-refractivity contribution in [3.63, 3.8) is 0 Å². The summed E-state index contributed by atoms with van der Waals surface area (Å²) in [5, 5.41) is 1.83. The fraction of sp³-hybridized carbons (Fsp3) is 0. The quantitative estimate of drug-likeness (QED) is 0.610. The van der Waals surface area contributed by atoms with Gasteiger partial charge in [0.15, 0.2) is 0 Å². The molecule has 0 aliphatic heterocycles. The van der Waals surface area contributed by atoms with Crippen molar-refractivity contribution in [1.82, 2.24) is 19.5 Å². The fourth-order valence-corrected chi connectivity index (χ4v) is 3.50. The van der Waals surface area contributed by atoms with E-state index in [2.05, 4.69) is 19.7 Å². The molecule has 0 aliphatic carbocycles. The standard InChI is InChI=1S/C17H13N5O2S/c23-25(24,15-6-5-13-3-1-2-4-14(13)9-15)21-16-10-17(20-11-19-16)22-8-7-18-12-22/h1-12H,(H,19,20,21). The highest BCUT2D eigenvalue weighted by molar-refractivity contribution is 7.92. The van der Waals surface area contributed by atoms with Crippen LogP contribution in [0, 0.1) is 0 Å². The van der Waals surface area contributed by atoms with Gasteiger partial charge in [0.1, 0.15) is 24.3 Å². The molecule has 0 bridgehead atoms. The Balaban J connectivity index is 1.68. The van der Waals surface area contributed by atoms with Crippen molar-refractivity contribution in [2.24, 2.45) is 0 Å². The van der Waals surface area contributed by atoms with E-state index in [1.807, 2.05) is 24.3 Å². The predicted molar refractivity (Wildman–Crippen MR) is 93.9 cm³/mol. The molecule has 7 nitrogen and oxygen atoms in total. The second-order valence-electron chi connectivity index (χ2n) is 5.35. The maximum absolute atomic E-state index is 12.7. The van der Waals surface area contributed by atoms with Crippen molar-refractivity contribution in [1.29, 1.82) is 0 Å². The first-order valence-electron chi connectivity index (χ1n) is 7.44. The SMILES string of the molecule is O=S(=O)(Nc1cc(-n2ccnc2)ncn1)c1ccc2ccccc2c1. The minimum absolute atomic E-state index is 0.175. The number of hydrogen-bond acceptors (Lipinski definition) is 5. The minimum atomic E-state index is -3.76. The predicted octanol–water partition coefficient (Wildman–Crippen LogP) is 2.62. The van der Waals surface area contributed by atoms with Crippen molar-refractivity contribution in [3.8, 4) is 5.82 Å². The number of benzene rings is 2. The molecule has 0 spiro atoms. The van der Waals surface area contributed by atoms with Gasteiger partial charge in [-0.15, -0.1) is 0 Å². The minimum Gasteiger partial charge on any atom is -0.290 e. The van der Waals surface area contributed by atoms with Crippen LogP contribution in [0.1, 0.15) is 0 Å². The monoisotopic (exact) mass is 351 g/mol. The molecule has 2 aromatic carbocycles. The lowest BCUT2D eigenvalue weighted by Crippen LogP contribution is -2.14. The Morgan fingerprint density at radius 3 is 2.60 bits per heavy atom. The number of nitrogens with one attached hydrogen (secondary N) is 1. The lowest BCUT2D eigenvalue weighted by Gasteiger charge is -2.09. The van der Waals surface area contributed by atoms with Crippen molar-refractivity contribution in [2.45, 2.75) is 4.90 Å². The summed E-state index contributed by atoms with van der Waals surface area (Å²) >= 11 is 0. The third kappa shape index (κ3) is 3.07. The zero-order chi connectivity index (χ0) is 17.3. The molecule has 0 radical (unpaired) electrons. The number of nitrogens with zero attached hydrogens (tertiary/aromatic N) is 4. The summed E-state index contributed by atoms with van der Waals surface area (Å²) in [6.45, 7) is 0. The van der Waals surface area contributed by atoms with Crippen LogP contribution in [0.4, 0.5) is 5.82 Å². The Morgan fingerprint density at radius 1 is 0.960 bits per heavy atom. The Bertz CT molecular complexity index is 1140. The molecule has 2 heterocycles. The lowest BCUT2D eigenvalue weighted by atomic mass is 10.1. The normalized spacial score (nSPS) is 11.5. The number of imidazole rings is 1. The second-order valence-corrected chi connectivity index (χ2v) is 7.03. The summed E-state index contributed by atoms with van der Waals surface area (Å²) in [5.41, 5.74) is 0. The summed E-state index contributed by atoms with van der Waals surface area (Å²) in [6.07, 6.45) is 6.20. The molecular weight excluding hydrogens is 338 g/mol. The van der Waals surface area contributed by atoms with E-state index in [0.29, 0.717) is 5.82 Å². The zero-order valence-electron chi connectivity index (χ0n) is 12.9. The second kappa shape index (κ2) is 5.99. The first-order valence-corrected chi connectivity index (χ1v) is 8.92. The molecule has 25 heavy (non-hydrogen) atoms. The topological polar surface area (TPSA) is 89.8 Å². The van der Waals surface area contributed by atoms with Crippen LogP contribution in [0.5, 0.6) is 0 Å². The highest BCUT2D eigenvalue weighted by Gasteiger charge is 2.16. The number of sulfonamides is 1. The van der Waals surface area contributed by atoms with Gasteiger partial charge in [-0.25, -0.2) is 23.4 Å². The highest BCUT2D eigenvalue weighted by Crippen LogP contribution is 2.21. The molecular formula is C17H13N5O2S. The maximum atomic E-state index is 12.7. The van der Waals surface area contributed by atoms with Crippen LogP contribution in [0.25, 0.3) is 16.6 Å². The average Bonchev–Trinajstić information content (AvgIpc) is 3.16. The molecule has 0 unspecified atom stereocenters. The van der Waals surface area contributed by atoms with Crippen LogP contribution in [0.3, 0.4) is 0 Å². The van der Waals surface area contributed by atoms with E-state index in [-0.39, 0.29) is 10.7 Å². The van der Waals surface area contributed by atoms with Crippen molar-refractivity contribution >= 4 is 26.6 Å². The van der Waals surface area contributed by atoms with Crippen LogP contribution in [0.15, 0.2) is 78.5 Å². The van der Waals surface area contributed by atoms with Gasteiger partial charge >= 0.3 is 0 Å². The van der Waals surface area contributed by atoms with E-state index in [0.717, 1.165) is 10.8 Å². The number of hydrogen-bond donors (Lipinski definition) is 1. The van der Waals surface area contributed by atoms with Crippen LogP contribution in [0.2, 0.25) is 0 Å². The molecule has 0 fully saturated rings. The molecule has 0 amide bonds. The maximum Gasteiger partial charge on any atom is 0.263 e. The first kappa shape index (κ1) is 15.3. The van der Waals surface area contributed by atoms with Gasteiger partial charge in [0, 0.05) is 18.5 Å². The molecule has 8 heteroatoms. The first-order chi connectivity index (χ1) is 12.1. The number of aromatic nitrogens is 4. The van der Waals surface area contributed by atoms with E-state index in [4.69, 9.17) is 0 Å². The molecule has 0 saturated heterocycles. The lowest BCUT2D eigenvalue weighted by molar-refractivity contribution is 0.601. The Kier molecular flexibility index (Phi) is 3.66. The molecule has 124 valence electrons. The largest absolute Gasteiger partial charge is 0.290 e. The van der Waals surface area contributed by atoms with Gasteiger partial charge in [-0.05, 0) is 22.9 Å². The van der Waals surface area contributed by atoms with Gasteiger partial charge in [0.2, 0.25) is 0 Å². The third-order valence-electron chi connectivity index (χ3n) is 3.69. The molecule has 0 saturated carbocycles. The van der Waals surface area contributed by atoms with Gasteiger partial charge in [0.05, 0.1) is 4.90 Å². The third-order valence-corrected chi connectivity index (χ3v) is 5.04. The smallest absolute Gasteiger partial charge is 0.263 e. The van der Waals surface area contributed by atoms with Crippen molar-refractivity contribution in [2.75, 3.05) is 4.72 Å². The highest BCUT2D eigenvalue weighted by atomic mass is 32.2. The Labute approximate surface area is 144 Å². The van der Waals surface area contributed by atoms with Gasteiger partial charge in [-0.1, -0.05) is 30.3 Å².